The summed E-state index contributed by atoms with van der Waals surface area (Å²) in [6.07, 6.45) is 1.02. The first-order chi connectivity index (χ1) is 8.42. The van der Waals surface area contributed by atoms with Crippen LogP contribution < -0.4 is 0 Å². The first kappa shape index (κ1) is 11.9. The summed E-state index contributed by atoms with van der Waals surface area (Å²) in [7, 11) is 1.76. The van der Waals surface area contributed by atoms with Gasteiger partial charge < -0.3 is 4.65 Å². The van der Waals surface area contributed by atoms with Crippen LogP contribution >= 0.6 is 0 Å². The minimum absolute atomic E-state index is 0.428. The van der Waals surface area contributed by atoms with Gasteiger partial charge in [-0.05, 0) is 17.5 Å². The molecule has 0 aromatic heterocycles. The van der Waals surface area contributed by atoms with E-state index in [1.807, 2.05) is 0 Å². The monoisotopic (exact) mass is 224 g/mol. The van der Waals surface area contributed by atoms with E-state index in [2.05, 4.69) is 60.7 Å². The number of rotatable bonds is 5. The standard InChI is InChI=1S/C15H17BO/c16-17-12-11-15(13-7-3-1-4-8-13)14-9-5-2-6-10-14/h1-10,15H,11-12,16H2. The van der Waals surface area contributed by atoms with Crippen molar-refractivity contribution in [3.05, 3.63) is 71.8 Å². The molecule has 0 aliphatic carbocycles. The van der Waals surface area contributed by atoms with E-state index in [0.29, 0.717) is 5.92 Å². The van der Waals surface area contributed by atoms with E-state index in [1.165, 1.54) is 11.1 Å². The second-order valence-corrected chi connectivity index (χ2v) is 4.16. The molecule has 0 bridgehead atoms. The molecule has 1 nitrogen and oxygen atoms in total. The third kappa shape index (κ3) is 3.21. The van der Waals surface area contributed by atoms with Crippen molar-refractivity contribution in [2.75, 3.05) is 6.61 Å². The van der Waals surface area contributed by atoms with E-state index in [4.69, 9.17) is 4.65 Å². The van der Waals surface area contributed by atoms with Gasteiger partial charge in [0.1, 0.15) is 0 Å². The first-order valence-electron chi connectivity index (χ1n) is 6.00. The Bertz CT molecular complexity index is 388. The Hall–Kier alpha value is -1.54. The largest absolute Gasteiger partial charge is 0.444 e. The van der Waals surface area contributed by atoms with E-state index >= 15 is 0 Å². The fourth-order valence-corrected chi connectivity index (χ4v) is 2.13. The average Bonchev–Trinajstić information content (AvgIpc) is 2.42. The van der Waals surface area contributed by atoms with Crippen molar-refractivity contribution >= 4 is 8.05 Å². The lowest BCUT2D eigenvalue weighted by Crippen LogP contribution is -2.04. The zero-order chi connectivity index (χ0) is 11.9. The van der Waals surface area contributed by atoms with Crippen LogP contribution in [-0.4, -0.2) is 14.7 Å². The van der Waals surface area contributed by atoms with Gasteiger partial charge in [-0.1, -0.05) is 60.7 Å². The van der Waals surface area contributed by atoms with Crippen molar-refractivity contribution in [3.8, 4) is 0 Å². The van der Waals surface area contributed by atoms with Crippen LogP contribution in [0.4, 0.5) is 0 Å². The van der Waals surface area contributed by atoms with Crippen LogP contribution in [0.5, 0.6) is 0 Å². The van der Waals surface area contributed by atoms with E-state index in [0.717, 1.165) is 13.0 Å². The normalized spacial score (nSPS) is 10.6. The van der Waals surface area contributed by atoms with Crippen molar-refractivity contribution < 1.29 is 4.65 Å². The summed E-state index contributed by atoms with van der Waals surface area (Å²) < 4.78 is 5.22. The smallest absolute Gasteiger partial charge is 0.257 e. The molecule has 0 heterocycles. The number of hydrogen-bond acceptors (Lipinski definition) is 1. The minimum Gasteiger partial charge on any atom is -0.444 e. The zero-order valence-corrected chi connectivity index (χ0v) is 10.2. The van der Waals surface area contributed by atoms with Crippen LogP contribution in [0.2, 0.25) is 0 Å². The van der Waals surface area contributed by atoms with Crippen LogP contribution in [0.25, 0.3) is 0 Å². The van der Waals surface area contributed by atoms with Gasteiger partial charge in [-0.2, -0.15) is 0 Å². The molecule has 0 fully saturated rings. The van der Waals surface area contributed by atoms with Gasteiger partial charge in [0, 0.05) is 12.5 Å². The zero-order valence-electron chi connectivity index (χ0n) is 10.2. The molecule has 0 amide bonds. The van der Waals surface area contributed by atoms with E-state index in [9.17, 15) is 0 Å². The molecule has 2 aromatic rings. The molecular formula is C15H17BO. The summed E-state index contributed by atoms with van der Waals surface area (Å²) in [5, 5.41) is 0. The van der Waals surface area contributed by atoms with Crippen LogP contribution in [0, 0.1) is 0 Å². The lowest BCUT2D eigenvalue weighted by molar-refractivity contribution is 0.332. The van der Waals surface area contributed by atoms with Crippen LogP contribution in [0.1, 0.15) is 23.5 Å². The maximum atomic E-state index is 5.22. The third-order valence-corrected chi connectivity index (χ3v) is 3.01. The Labute approximate surface area is 104 Å². The molecule has 2 rings (SSSR count). The third-order valence-electron chi connectivity index (χ3n) is 3.01. The highest BCUT2D eigenvalue weighted by atomic mass is 16.4. The molecule has 0 spiro atoms. The summed E-state index contributed by atoms with van der Waals surface area (Å²) in [5.41, 5.74) is 2.71. The molecule has 0 atom stereocenters. The van der Waals surface area contributed by atoms with Gasteiger partial charge in [0.05, 0.1) is 0 Å². The SMILES string of the molecule is BOCCC(c1ccccc1)c1ccccc1. The maximum absolute atomic E-state index is 5.22. The Kier molecular flexibility index (Phi) is 4.40. The fraction of sp³-hybridized carbons (Fsp3) is 0.200. The molecule has 2 aromatic carbocycles. The highest BCUT2D eigenvalue weighted by molar-refractivity contribution is 5.97. The predicted octanol–water partition coefficient (Wildman–Crippen LogP) is 2.77. The van der Waals surface area contributed by atoms with Crippen molar-refractivity contribution in [1.29, 1.82) is 0 Å². The fourth-order valence-electron chi connectivity index (χ4n) is 2.13. The summed E-state index contributed by atoms with van der Waals surface area (Å²) in [6.45, 7) is 0.786. The van der Waals surface area contributed by atoms with Crippen molar-refractivity contribution in [2.45, 2.75) is 12.3 Å². The maximum Gasteiger partial charge on any atom is 0.257 e. The molecule has 0 aliphatic heterocycles. The Balaban J connectivity index is 2.26. The Morgan fingerprint density at radius 3 is 1.71 bits per heavy atom. The summed E-state index contributed by atoms with van der Waals surface area (Å²) >= 11 is 0. The van der Waals surface area contributed by atoms with Gasteiger partial charge in [-0.15, -0.1) is 0 Å². The van der Waals surface area contributed by atoms with Gasteiger partial charge >= 0.3 is 0 Å². The predicted molar refractivity (Wildman–Crippen MR) is 73.8 cm³/mol. The summed E-state index contributed by atoms with van der Waals surface area (Å²) in [4.78, 5) is 0. The molecular weight excluding hydrogens is 207 g/mol. The lowest BCUT2D eigenvalue weighted by Gasteiger charge is -2.17. The lowest BCUT2D eigenvalue weighted by atomic mass is 9.89. The van der Waals surface area contributed by atoms with Gasteiger partial charge in [-0.3, -0.25) is 0 Å². The Morgan fingerprint density at radius 2 is 1.29 bits per heavy atom. The Morgan fingerprint density at radius 1 is 0.824 bits per heavy atom. The van der Waals surface area contributed by atoms with Crippen molar-refractivity contribution in [1.82, 2.24) is 0 Å². The molecule has 0 radical (unpaired) electrons. The molecule has 0 unspecified atom stereocenters. The first-order valence-corrected chi connectivity index (χ1v) is 6.00. The van der Waals surface area contributed by atoms with Crippen LogP contribution in [0.15, 0.2) is 60.7 Å². The van der Waals surface area contributed by atoms with Gasteiger partial charge in [0.25, 0.3) is 8.05 Å². The van der Waals surface area contributed by atoms with E-state index < -0.39 is 0 Å². The van der Waals surface area contributed by atoms with Gasteiger partial charge in [0.15, 0.2) is 0 Å². The second kappa shape index (κ2) is 6.26. The van der Waals surface area contributed by atoms with Gasteiger partial charge in [-0.25, -0.2) is 0 Å². The molecule has 17 heavy (non-hydrogen) atoms. The van der Waals surface area contributed by atoms with Crippen LogP contribution in [0.3, 0.4) is 0 Å². The number of benzene rings is 2. The average molecular weight is 224 g/mol. The van der Waals surface area contributed by atoms with Crippen LogP contribution in [-0.2, 0) is 4.65 Å². The minimum atomic E-state index is 0.428. The summed E-state index contributed by atoms with van der Waals surface area (Å²) in [5.74, 6) is 0.428. The molecule has 0 aliphatic rings. The van der Waals surface area contributed by atoms with Crippen molar-refractivity contribution in [2.24, 2.45) is 0 Å². The highest BCUT2D eigenvalue weighted by Crippen LogP contribution is 2.27. The topological polar surface area (TPSA) is 9.23 Å². The molecule has 0 saturated heterocycles. The van der Waals surface area contributed by atoms with E-state index in [1.54, 1.807) is 8.05 Å². The molecule has 86 valence electrons. The molecule has 0 N–H and O–H groups in total. The van der Waals surface area contributed by atoms with Crippen molar-refractivity contribution in [3.63, 3.8) is 0 Å². The van der Waals surface area contributed by atoms with E-state index in [-0.39, 0.29) is 0 Å². The quantitative estimate of drug-likeness (QED) is 0.709. The molecule has 2 heteroatoms. The van der Waals surface area contributed by atoms with Gasteiger partial charge in [0.2, 0.25) is 0 Å². The highest BCUT2D eigenvalue weighted by Gasteiger charge is 2.12. The molecule has 0 saturated carbocycles. The number of hydrogen-bond donors (Lipinski definition) is 0. The second-order valence-electron chi connectivity index (χ2n) is 4.16. The summed E-state index contributed by atoms with van der Waals surface area (Å²) in [6, 6.07) is 21.2.